The van der Waals surface area contributed by atoms with Gasteiger partial charge in [0, 0.05) is 12.3 Å². The molecule has 0 aromatic heterocycles. The number of halogens is 1. The van der Waals surface area contributed by atoms with E-state index in [0.717, 1.165) is 0 Å². The van der Waals surface area contributed by atoms with Crippen LogP contribution in [0.25, 0.3) is 0 Å². The maximum atomic E-state index is 8.74. The Morgan fingerprint density at radius 1 is 1.50 bits per heavy atom. The third-order valence-electron chi connectivity index (χ3n) is 0.791. The maximum Gasteiger partial charge on any atom is 0.0700 e. The van der Waals surface area contributed by atoms with Crippen molar-refractivity contribution in [3.05, 3.63) is 0 Å². The lowest BCUT2D eigenvalue weighted by molar-refractivity contribution is 0.103. The molecule has 0 rings (SSSR count). The van der Waals surface area contributed by atoms with E-state index in [9.17, 15) is 0 Å². The van der Waals surface area contributed by atoms with Gasteiger partial charge in [0.2, 0.25) is 0 Å². The predicted molar refractivity (Wildman–Crippen MR) is 33.0 cm³/mol. The van der Waals surface area contributed by atoms with Crippen LogP contribution in [0.2, 0.25) is 0 Å². The van der Waals surface area contributed by atoms with Crippen molar-refractivity contribution in [3.63, 3.8) is 0 Å². The van der Waals surface area contributed by atoms with Crippen LogP contribution in [0.4, 0.5) is 0 Å². The first-order chi connectivity index (χ1) is 3.66. The lowest BCUT2D eigenvalue weighted by atomic mass is 10.2. The first-order valence-electron chi connectivity index (χ1n) is 2.59. The van der Waals surface area contributed by atoms with Crippen molar-refractivity contribution in [1.82, 2.24) is 0 Å². The number of aliphatic hydroxyl groups is 2. The van der Waals surface area contributed by atoms with E-state index in [0.29, 0.717) is 6.42 Å². The third kappa shape index (κ3) is 4.37. The molecule has 0 saturated carbocycles. The van der Waals surface area contributed by atoms with Crippen LogP contribution >= 0.6 is 11.6 Å². The molecule has 0 aliphatic rings. The lowest BCUT2D eigenvalue weighted by Crippen LogP contribution is -2.15. The Kier molecular flexibility index (Phi) is 4.23. The van der Waals surface area contributed by atoms with Crippen molar-refractivity contribution < 1.29 is 10.2 Å². The summed E-state index contributed by atoms with van der Waals surface area (Å²) in [5, 5.41) is 17.4. The molecule has 0 radical (unpaired) electrons. The summed E-state index contributed by atoms with van der Waals surface area (Å²) in [6, 6.07) is 0. The Bertz CT molecular complexity index is 56.4. The van der Waals surface area contributed by atoms with Gasteiger partial charge in [-0.05, 0) is 6.92 Å². The summed E-state index contributed by atoms with van der Waals surface area (Å²) in [6.45, 7) is 1.62. The molecule has 0 aromatic carbocycles. The molecule has 2 nitrogen and oxygen atoms in total. The van der Waals surface area contributed by atoms with Gasteiger partial charge in [-0.15, -0.1) is 11.6 Å². The van der Waals surface area contributed by atoms with Crippen LogP contribution in [0, 0.1) is 0 Å². The molecule has 0 heterocycles. The second-order valence-electron chi connectivity index (χ2n) is 1.89. The smallest absolute Gasteiger partial charge is 0.0700 e. The zero-order chi connectivity index (χ0) is 6.57. The van der Waals surface area contributed by atoms with Crippen LogP contribution in [0.15, 0.2) is 0 Å². The quantitative estimate of drug-likeness (QED) is 0.553. The summed E-state index contributed by atoms with van der Waals surface area (Å²) in [4.78, 5) is 0. The minimum atomic E-state index is -0.559. The molecule has 0 spiro atoms. The van der Waals surface area contributed by atoms with Crippen molar-refractivity contribution in [2.24, 2.45) is 0 Å². The number of hydrogen-bond acceptors (Lipinski definition) is 2. The van der Waals surface area contributed by atoms with Gasteiger partial charge < -0.3 is 10.2 Å². The zero-order valence-electron chi connectivity index (χ0n) is 4.84. The van der Waals surface area contributed by atoms with Gasteiger partial charge in [0.15, 0.2) is 0 Å². The summed E-state index contributed by atoms with van der Waals surface area (Å²) >= 11 is 5.23. The van der Waals surface area contributed by atoms with E-state index >= 15 is 0 Å². The molecule has 8 heavy (non-hydrogen) atoms. The second kappa shape index (κ2) is 4.13. The SMILES string of the molecule is CC(O)CC(O)CCl. The van der Waals surface area contributed by atoms with Gasteiger partial charge >= 0.3 is 0 Å². The Morgan fingerprint density at radius 3 is 2.12 bits per heavy atom. The topological polar surface area (TPSA) is 40.5 Å². The average Bonchev–Trinajstić information content (AvgIpc) is 1.65. The molecule has 2 atom stereocenters. The molecule has 0 aliphatic heterocycles. The van der Waals surface area contributed by atoms with Gasteiger partial charge in [-0.1, -0.05) is 0 Å². The Labute approximate surface area is 54.1 Å². The van der Waals surface area contributed by atoms with E-state index in [4.69, 9.17) is 21.8 Å². The van der Waals surface area contributed by atoms with Crippen molar-refractivity contribution in [2.45, 2.75) is 25.6 Å². The van der Waals surface area contributed by atoms with Crippen LogP contribution in [0.5, 0.6) is 0 Å². The van der Waals surface area contributed by atoms with E-state index in [2.05, 4.69) is 0 Å². The molecule has 0 amide bonds. The van der Waals surface area contributed by atoms with Crippen LogP contribution in [-0.4, -0.2) is 28.3 Å². The fourth-order valence-corrected chi connectivity index (χ4v) is 0.583. The van der Waals surface area contributed by atoms with Gasteiger partial charge in [-0.25, -0.2) is 0 Å². The van der Waals surface area contributed by atoms with Crippen molar-refractivity contribution in [3.8, 4) is 0 Å². The average molecular weight is 139 g/mol. The minimum Gasteiger partial charge on any atom is -0.393 e. The standard InChI is InChI=1S/C5H11ClO2/c1-4(7)2-5(8)3-6/h4-5,7-8H,2-3H2,1H3. The van der Waals surface area contributed by atoms with Crippen LogP contribution < -0.4 is 0 Å². The molecule has 50 valence electrons. The lowest BCUT2D eigenvalue weighted by Gasteiger charge is -2.06. The molecular formula is C5H11ClO2. The van der Waals surface area contributed by atoms with Gasteiger partial charge in [0.25, 0.3) is 0 Å². The van der Waals surface area contributed by atoms with Crippen LogP contribution in [0.3, 0.4) is 0 Å². The molecule has 0 aliphatic carbocycles. The highest BCUT2D eigenvalue weighted by Gasteiger charge is 2.04. The van der Waals surface area contributed by atoms with Crippen molar-refractivity contribution in [1.29, 1.82) is 0 Å². The van der Waals surface area contributed by atoms with Gasteiger partial charge in [-0.2, -0.15) is 0 Å². The zero-order valence-corrected chi connectivity index (χ0v) is 5.60. The van der Waals surface area contributed by atoms with E-state index in [-0.39, 0.29) is 5.88 Å². The van der Waals surface area contributed by atoms with Gasteiger partial charge in [0.05, 0.1) is 12.2 Å². The summed E-state index contributed by atoms with van der Waals surface area (Å²) in [5.74, 6) is 0.199. The molecule has 2 N–H and O–H groups in total. The molecule has 0 bridgehead atoms. The number of alkyl halides is 1. The Morgan fingerprint density at radius 2 is 2.00 bits per heavy atom. The Balaban J connectivity index is 3.10. The highest BCUT2D eigenvalue weighted by atomic mass is 35.5. The maximum absolute atomic E-state index is 8.74. The second-order valence-corrected chi connectivity index (χ2v) is 2.20. The number of rotatable bonds is 3. The first kappa shape index (κ1) is 8.21. The largest absolute Gasteiger partial charge is 0.393 e. The fourth-order valence-electron chi connectivity index (χ4n) is 0.457. The number of hydrogen-bond donors (Lipinski definition) is 2. The van der Waals surface area contributed by atoms with E-state index in [1.807, 2.05) is 0 Å². The van der Waals surface area contributed by atoms with E-state index < -0.39 is 12.2 Å². The first-order valence-corrected chi connectivity index (χ1v) is 3.12. The van der Waals surface area contributed by atoms with E-state index in [1.165, 1.54) is 0 Å². The Hall–Kier alpha value is 0.210. The molecular weight excluding hydrogens is 128 g/mol. The normalized spacial score (nSPS) is 18.0. The fraction of sp³-hybridized carbons (Fsp3) is 1.00. The predicted octanol–water partition coefficient (Wildman–Crippen LogP) is 0.357. The number of aliphatic hydroxyl groups excluding tert-OH is 2. The van der Waals surface area contributed by atoms with E-state index in [1.54, 1.807) is 6.92 Å². The van der Waals surface area contributed by atoms with Crippen LogP contribution in [0.1, 0.15) is 13.3 Å². The summed E-state index contributed by atoms with van der Waals surface area (Å²) in [6.07, 6.45) is -0.649. The van der Waals surface area contributed by atoms with Crippen molar-refractivity contribution in [2.75, 3.05) is 5.88 Å². The van der Waals surface area contributed by atoms with Gasteiger partial charge in [-0.3, -0.25) is 0 Å². The molecule has 0 aromatic rings. The molecule has 0 saturated heterocycles. The minimum absolute atomic E-state index is 0.199. The molecule has 2 unspecified atom stereocenters. The van der Waals surface area contributed by atoms with Crippen molar-refractivity contribution >= 4 is 11.6 Å². The van der Waals surface area contributed by atoms with Gasteiger partial charge in [0.1, 0.15) is 0 Å². The molecule has 0 fully saturated rings. The highest BCUT2D eigenvalue weighted by molar-refractivity contribution is 6.18. The third-order valence-corrected chi connectivity index (χ3v) is 1.15. The molecule has 3 heteroatoms. The summed E-state index contributed by atoms with van der Waals surface area (Å²) in [5.41, 5.74) is 0. The summed E-state index contributed by atoms with van der Waals surface area (Å²) in [7, 11) is 0. The monoisotopic (exact) mass is 138 g/mol. The van der Waals surface area contributed by atoms with Crippen LogP contribution in [-0.2, 0) is 0 Å². The highest BCUT2D eigenvalue weighted by Crippen LogP contribution is 1.98. The summed E-state index contributed by atoms with van der Waals surface area (Å²) < 4.78 is 0.